The number of nitrogens with one attached hydrogen (secondary N) is 1. The summed E-state index contributed by atoms with van der Waals surface area (Å²) in [5.41, 5.74) is 8.39. The van der Waals surface area contributed by atoms with E-state index in [4.69, 9.17) is 15.7 Å². The van der Waals surface area contributed by atoms with E-state index in [9.17, 15) is 0 Å². The fourth-order valence-electron chi connectivity index (χ4n) is 2.71. The van der Waals surface area contributed by atoms with Crippen molar-refractivity contribution >= 4 is 50.5 Å². The van der Waals surface area contributed by atoms with Gasteiger partial charge in [0.05, 0.1) is 29.1 Å². The van der Waals surface area contributed by atoms with Crippen LogP contribution in [0.4, 0.5) is 16.5 Å². The predicted octanol–water partition coefficient (Wildman–Crippen LogP) is 4.99. The number of ether oxygens (including phenoxy) is 1. The zero-order valence-corrected chi connectivity index (χ0v) is 16.5. The van der Waals surface area contributed by atoms with Crippen LogP contribution < -0.4 is 15.8 Å². The topological polar surface area (TPSA) is 96.9 Å². The Balaban J connectivity index is 0.00000225. The number of halogens is 1. The summed E-state index contributed by atoms with van der Waals surface area (Å²) in [7, 11) is 1.64. The number of anilines is 3. The number of hydrogen-bond acceptors (Lipinski definition) is 7. The molecular formula is C20H16ClN5OS. The third-order valence-corrected chi connectivity index (χ3v) is 4.95. The molecule has 0 spiro atoms. The summed E-state index contributed by atoms with van der Waals surface area (Å²) < 4.78 is 5.25. The van der Waals surface area contributed by atoms with Gasteiger partial charge in [0.1, 0.15) is 16.4 Å². The molecule has 4 rings (SSSR count). The van der Waals surface area contributed by atoms with Crippen molar-refractivity contribution in [3.05, 3.63) is 60.2 Å². The summed E-state index contributed by atoms with van der Waals surface area (Å²) in [6, 6.07) is 18.9. The molecule has 0 amide bonds. The molecule has 0 fully saturated rings. The van der Waals surface area contributed by atoms with Gasteiger partial charge in [0.2, 0.25) is 0 Å². The van der Waals surface area contributed by atoms with Crippen LogP contribution in [0.2, 0.25) is 0 Å². The highest BCUT2D eigenvalue weighted by atomic mass is 35.5. The number of thiophene rings is 1. The van der Waals surface area contributed by atoms with E-state index in [-0.39, 0.29) is 12.4 Å². The van der Waals surface area contributed by atoms with Gasteiger partial charge in [-0.25, -0.2) is 9.97 Å². The number of nitriles is 1. The van der Waals surface area contributed by atoms with Crippen molar-refractivity contribution in [3.63, 3.8) is 0 Å². The SMILES string of the molecule is COc1cccc(Nc2cc3c(N)nc(-c4cccc(C#N)c4)nc3s2)c1.Cl. The van der Waals surface area contributed by atoms with E-state index in [0.717, 1.165) is 32.2 Å². The molecule has 0 atom stereocenters. The molecule has 2 aromatic heterocycles. The summed E-state index contributed by atoms with van der Waals surface area (Å²) in [6.07, 6.45) is 0. The van der Waals surface area contributed by atoms with Crippen molar-refractivity contribution < 1.29 is 4.74 Å². The van der Waals surface area contributed by atoms with Gasteiger partial charge in [-0.2, -0.15) is 5.26 Å². The van der Waals surface area contributed by atoms with Crippen molar-refractivity contribution in [2.45, 2.75) is 0 Å². The second-order valence-electron chi connectivity index (χ2n) is 5.81. The quantitative estimate of drug-likeness (QED) is 0.493. The van der Waals surface area contributed by atoms with Crippen LogP contribution in [-0.2, 0) is 0 Å². The molecule has 0 saturated heterocycles. The van der Waals surface area contributed by atoms with Crippen LogP contribution in [0, 0.1) is 11.3 Å². The van der Waals surface area contributed by atoms with Crippen LogP contribution in [0.25, 0.3) is 21.6 Å². The van der Waals surface area contributed by atoms with Crippen LogP contribution in [0.5, 0.6) is 5.75 Å². The number of hydrogen-bond donors (Lipinski definition) is 2. The van der Waals surface area contributed by atoms with E-state index >= 15 is 0 Å². The van der Waals surface area contributed by atoms with Crippen molar-refractivity contribution in [2.75, 3.05) is 18.2 Å². The maximum atomic E-state index is 9.09. The lowest BCUT2D eigenvalue weighted by atomic mass is 10.1. The van der Waals surface area contributed by atoms with Gasteiger partial charge in [0.25, 0.3) is 0 Å². The Hall–Kier alpha value is -3.34. The molecule has 140 valence electrons. The Labute approximate surface area is 172 Å². The number of methoxy groups -OCH3 is 1. The van der Waals surface area contributed by atoms with Crippen molar-refractivity contribution in [3.8, 4) is 23.2 Å². The first-order chi connectivity index (χ1) is 13.2. The lowest BCUT2D eigenvalue weighted by Gasteiger charge is -2.05. The smallest absolute Gasteiger partial charge is 0.163 e. The fraction of sp³-hybridized carbons (Fsp3) is 0.0500. The summed E-state index contributed by atoms with van der Waals surface area (Å²) in [4.78, 5) is 9.82. The van der Waals surface area contributed by atoms with E-state index in [1.807, 2.05) is 42.5 Å². The molecule has 6 nitrogen and oxygen atoms in total. The minimum absolute atomic E-state index is 0. The number of rotatable bonds is 4. The minimum atomic E-state index is 0. The van der Waals surface area contributed by atoms with Gasteiger partial charge >= 0.3 is 0 Å². The average Bonchev–Trinajstić information content (AvgIpc) is 3.11. The third-order valence-electron chi connectivity index (χ3n) is 4.01. The van der Waals surface area contributed by atoms with Crippen molar-refractivity contribution in [1.29, 1.82) is 5.26 Å². The highest BCUT2D eigenvalue weighted by Gasteiger charge is 2.12. The maximum Gasteiger partial charge on any atom is 0.163 e. The van der Waals surface area contributed by atoms with Crippen LogP contribution in [-0.4, -0.2) is 17.1 Å². The summed E-state index contributed by atoms with van der Waals surface area (Å²) in [6.45, 7) is 0. The van der Waals surface area contributed by atoms with Gasteiger partial charge in [-0.05, 0) is 30.3 Å². The van der Waals surface area contributed by atoms with Crippen LogP contribution in [0.3, 0.4) is 0 Å². The largest absolute Gasteiger partial charge is 0.497 e. The van der Waals surface area contributed by atoms with E-state index in [1.54, 1.807) is 19.2 Å². The molecule has 0 bridgehead atoms. The number of fused-ring (bicyclic) bond motifs is 1. The van der Waals surface area contributed by atoms with E-state index in [2.05, 4.69) is 21.4 Å². The Bertz CT molecular complexity index is 1180. The molecule has 0 aliphatic rings. The van der Waals surface area contributed by atoms with Crippen LogP contribution >= 0.6 is 23.7 Å². The number of nitrogens with zero attached hydrogens (tertiary/aromatic N) is 3. The van der Waals surface area contributed by atoms with E-state index in [0.29, 0.717) is 17.2 Å². The summed E-state index contributed by atoms with van der Waals surface area (Å²) >= 11 is 1.49. The first kappa shape index (κ1) is 19.4. The first-order valence-corrected chi connectivity index (χ1v) is 8.96. The van der Waals surface area contributed by atoms with Crippen LogP contribution in [0.1, 0.15) is 5.56 Å². The molecule has 28 heavy (non-hydrogen) atoms. The third kappa shape index (κ3) is 3.83. The maximum absolute atomic E-state index is 9.09. The lowest BCUT2D eigenvalue weighted by Crippen LogP contribution is -1.96. The summed E-state index contributed by atoms with van der Waals surface area (Å²) in [5.74, 6) is 1.69. The standard InChI is InChI=1S/C20H15N5OS.ClH/c1-26-15-7-3-6-14(9-15)23-17-10-16-18(22)24-19(25-20(16)27-17)13-5-2-4-12(8-13)11-21;/h2-10,23H,1H3,(H2,22,24,25);1H. The number of nitrogen functional groups attached to an aromatic ring is 1. The molecule has 0 saturated carbocycles. The molecule has 0 aliphatic heterocycles. The zero-order valence-electron chi connectivity index (χ0n) is 14.8. The Morgan fingerprint density at radius 1 is 1.11 bits per heavy atom. The normalized spacial score (nSPS) is 10.1. The van der Waals surface area contributed by atoms with E-state index < -0.39 is 0 Å². The Morgan fingerprint density at radius 2 is 1.93 bits per heavy atom. The van der Waals surface area contributed by atoms with E-state index in [1.165, 1.54) is 11.3 Å². The second kappa shape index (κ2) is 8.13. The highest BCUT2D eigenvalue weighted by Crippen LogP contribution is 2.35. The molecule has 2 aromatic carbocycles. The fourth-order valence-corrected chi connectivity index (χ4v) is 3.66. The average molecular weight is 410 g/mol. The van der Waals surface area contributed by atoms with Gasteiger partial charge in [0.15, 0.2) is 5.82 Å². The van der Waals surface area contributed by atoms with Gasteiger partial charge < -0.3 is 15.8 Å². The molecule has 4 aromatic rings. The first-order valence-electron chi connectivity index (χ1n) is 8.15. The molecule has 0 radical (unpaired) electrons. The van der Waals surface area contributed by atoms with Crippen molar-refractivity contribution in [1.82, 2.24) is 9.97 Å². The minimum Gasteiger partial charge on any atom is -0.497 e. The molecule has 8 heteroatoms. The Morgan fingerprint density at radius 3 is 2.71 bits per heavy atom. The number of aromatic nitrogens is 2. The van der Waals surface area contributed by atoms with Gasteiger partial charge in [-0.15, -0.1) is 12.4 Å². The molecule has 0 aliphatic carbocycles. The number of benzene rings is 2. The zero-order chi connectivity index (χ0) is 18.8. The molecule has 3 N–H and O–H groups in total. The molecule has 2 heterocycles. The monoisotopic (exact) mass is 409 g/mol. The molecule has 0 unspecified atom stereocenters. The lowest BCUT2D eigenvalue weighted by molar-refractivity contribution is 0.415. The highest BCUT2D eigenvalue weighted by molar-refractivity contribution is 7.22. The predicted molar refractivity (Wildman–Crippen MR) is 116 cm³/mol. The second-order valence-corrected chi connectivity index (χ2v) is 6.84. The summed E-state index contributed by atoms with van der Waals surface area (Å²) in [5, 5.41) is 14.1. The van der Waals surface area contributed by atoms with Gasteiger partial charge in [0, 0.05) is 17.3 Å². The van der Waals surface area contributed by atoms with Gasteiger partial charge in [-0.3, -0.25) is 0 Å². The van der Waals surface area contributed by atoms with Crippen molar-refractivity contribution in [2.24, 2.45) is 0 Å². The van der Waals surface area contributed by atoms with Gasteiger partial charge in [-0.1, -0.05) is 29.5 Å². The molecular weight excluding hydrogens is 394 g/mol. The number of nitrogens with two attached hydrogens (primary N) is 1. The Kier molecular flexibility index (Phi) is 5.64. The van der Waals surface area contributed by atoms with Crippen LogP contribution in [0.15, 0.2) is 54.6 Å².